The van der Waals surface area contributed by atoms with Gasteiger partial charge < -0.3 is 5.32 Å². The highest BCUT2D eigenvalue weighted by Gasteiger charge is 2.07. The molecule has 0 aliphatic rings. The van der Waals surface area contributed by atoms with E-state index in [1.807, 2.05) is 24.7 Å². The Labute approximate surface area is 119 Å². The molecule has 0 saturated heterocycles. The van der Waals surface area contributed by atoms with Crippen molar-refractivity contribution in [1.29, 1.82) is 0 Å². The topological polar surface area (TPSA) is 64.7 Å². The van der Waals surface area contributed by atoms with Crippen LogP contribution in [0.15, 0.2) is 23.1 Å². The number of carbonyl (C=O) groups excluding carboxylic acids is 1. The molecule has 2 rings (SSSR count). The second kappa shape index (κ2) is 6.01. The van der Waals surface area contributed by atoms with Crippen molar-refractivity contribution in [1.82, 2.24) is 24.9 Å². The molecular weight excluding hydrogens is 310 g/mol. The van der Waals surface area contributed by atoms with Gasteiger partial charge in [-0.3, -0.25) is 14.2 Å². The zero-order valence-corrected chi connectivity index (χ0v) is 12.5. The Bertz CT molecular complexity index is 555. The van der Waals surface area contributed by atoms with Gasteiger partial charge in [-0.25, -0.2) is 0 Å². The summed E-state index contributed by atoms with van der Waals surface area (Å²) in [6.07, 6.45) is 5.48. The largest absolute Gasteiger partial charge is 0.350 e. The van der Waals surface area contributed by atoms with Gasteiger partial charge in [0, 0.05) is 31.0 Å². The minimum absolute atomic E-state index is 0.0701. The summed E-state index contributed by atoms with van der Waals surface area (Å²) in [5, 5.41) is 11.2. The Morgan fingerprint density at radius 3 is 2.79 bits per heavy atom. The number of amides is 1. The molecule has 0 atom stereocenters. The highest BCUT2D eigenvalue weighted by molar-refractivity contribution is 9.10. The van der Waals surface area contributed by atoms with Gasteiger partial charge in [0.2, 0.25) is 5.91 Å². The normalized spacial score (nSPS) is 10.7. The van der Waals surface area contributed by atoms with Gasteiger partial charge in [0.05, 0.1) is 16.4 Å². The molecule has 0 saturated carbocycles. The Kier molecular flexibility index (Phi) is 4.36. The zero-order valence-electron chi connectivity index (χ0n) is 10.9. The number of nitrogens with zero attached hydrogens (tertiary/aromatic N) is 4. The summed E-state index contributed by atoms with van der Waals surface area (Å²) < 4.78 is 4.35. The molecule has 19 heavy (non-hydrogen) atoms. The van der Waals surface area contributed by atoms with Crippen LogP contribution in [0.2, 0.25) is 0 Å². The molecule has 0 aliphatic heterocycles. The Balaban J connectivity index is 1.84. The maximum Gasteiger partial charge on any atom is 0.242 e. The third-order valence-electron chi connectivity index (χ3n) is 2.69. The molecule has 0 aliphatic carbocycles. The van der Waals surface area contributed by atoms with Crippen molar-refractivity contribution >= 4 is 21.8 Å². The fourth-order valence-electron chi connectivity index (χ4n) is 1.65. The van der Waals surface area contributed by atoms with E-state index in [0.717, 1.165) is 22.3 Å². The summed E-state index contributed by atoms with van der Waals surface area (Å²) >= 11 is 3.37. The molecule has 0 spiro atoms. The van der Waals surface area contributed by atoms with Crippen molar-refractivity contribution in [2.75, 3.05) is 0 Å². The molecule has 2 heterocycles. The van der Waals surface area contributed by atoms with Crippen LogP contribution in [0.5, 0.6) is 0 Å². The zero-order chi connectivity index (χ0) is 13.8. The molecular formula is C12H16BrN5O. The fourth-order valence-corrected chi connectivity index (χ4v) is 1.96. The van der Waals surface area contributed by atoms with Crippen LogP contribution in [0.25, 0.3) is 0 Å². The lowest BCUT2D eigenvalue weighted by atomic mass is 10.3. The minimum atomic E-state index is -0.0701. The smallest absolute Gasteiger partial charge is 0.242 e. The van der Waals surface area contributed by atoms with E-state index >= 15 is 0 Å². The van der Waals surface area contributed by atoms with Crippen molar-refractivity contribution in [2.45, 2.75) is 33.5 Å². The fraction of sp³-hybridized carbons (Fsp3) is 0.417. The van der Waals surface area contributed by atoms with Crippen LogP contribution in [0.4, 0.5) is 0 Å². The second-order valence-electron chi connectivity index (χ2n) is 4.24. The first-order valence-electron chi connectivity index (χ1n) is 6.06. The molecule has 6 nitrogen and oxygen atoms in total. The van der Waals surface area contributed by atoms with Crippen LogP contribution >= 0.6 is 15.9 Å². The monoisotopic (exact) mass is 325 g/mol. The van der Waals surface area contributed by atoms with Crippen molar-refractivity contribution in [2.24, 2.45) is 0 Å². The lowest BCUT2D eigenvalue weighted by Crippen LogP contribution is -2.27. The summed E-state index contributed by atoms with van der Waals surface area (Å²) in [7, 11) is 0. The lowest BCUT2D eigenvalue weighted by Gasteiger charge is -2.03. The van der Waals surface area contributed by atoms with Crippen LogP contribution in [0.1, 0.15) is 18.2 Å². The highest BCUT2D eigenvalue weighted by Crippen LogP contribution is 2.12. The molecule has 1 amide bonds. The maximum atomic E-state index is 11.8. The minimum Gasteiger partial charge on any atom is -0.350 e. The number of halogens is 1. The van der Waals surface area contributed by atoms with Gasteiger partial charge in [-0.05, 0) is 29.8 Å². The van der Waals surface area contributed by atoms with Crippen molar-refractivity contribution < 1.29 is 4.79 Å². The van der Waals surface area contributed by atoms with Crippen LogP contribution in [-0.2, 0) is 24.4 Å². The van der Waals surface area contributed by atoms with Gasteiger partial charge in [-0.15, -0.1) is 0 Å². The van der Waals surface area contributed by atoms with E-state index in [4.69, 9.17) is 0 Å². The molecule has 0 fully saturated rings. The van der Waals surface area contributed by atoms with Crippen molar-refractivity contribution in [3.8, 4) is 0 Å². The van der Waals surface area contributed by atoms with E-state index in [0.29, 0.717) is 6.54 Å². The van der Waals surface area contributed by atoms with E-state index in [2.05, 4.69) is 31.4 Å². The van der Waals surface area contributed by atoms with Crippen LogP contribution in [-0.4, -0.2) is 25.5 Å². The molecule has 2 aromatic heterocycles. The average Bonchev–Trinajstić information content (AvgIpc) is 2.94. The summed E-state index contributed by atoms with van der Waals surface area (Å²) in [6, 6.07) is 0. The Morgan fingerprint density at radius 1 is 1.42 bits per heavy atom. The number of nitrogens with one attached hydrogen (secondary N) is 1. The van der Waals surface area contributed by atoms with Gasteiger partial charge in [-0.2, -0.15) is 10.2 Å². The summed E-state index contributed by atoms with van der Waals surface area (Å²) in [6.45, 7) is 5.44. The highest BCUT2D eigenvalue weighted by atomic mass is 79.9. The summed E-state index contributed by atoms with van der Waals surface area (Å²) in [5.41, 5.74) is 1.87. The standard InChI is InChI=1S/C12H16BrN5O/c1-3-17-6-10(5-15-17)4-14-12(19)8-18-7-11(13)9(2)16-18/h5-7H,3-4,8H2,1-2H3,(H,14,19). The van der Waals surface area contributed by atoms with Crippen LogP contribution < -0.4 is 5.32 Å². The number of aryl methyl sites for hydroxylation is 2. The molecule has 0 unspecified atom stereocenters. The summed E-state index contributed by atoms with van der Waals surface area (Å²) in [4.78, 5) is 11.8. The second-order valence-corrected chi connectivity index (χ2v) is 5.10. The molecule has 102 valence electrons. The van der Waals surface area contributed by atoms with E-state index < -0.39 is 0 Å². The number of hydrogen-bond donors (Lipinski definition) is 1. The molecule has 0 aromatic carbocycles. The van der Waals surface area contributed by atoms with E-state index in [1.54, 1.807) is 17.1 Å². The SMILES string of the molecule is CCn1cc(CNC(=O)Cn2cc(Br)c(C)n2)cn1. The average molecular weight is 326 g/mol. The first-order valence-corrected chi connectivity index (χ1v) is 6.85. The molecule has 2 aromatic rings. The Morgan fingerprint density at radius 2 is 2.21 bits per heavy atom. The quantitative estimate of drug-likeness (QED) is 0.905. The first-order chi connectivity index (χ1) is 9.08. The van der Waals surface area contributed by atoms with Gasteiger partial charge in [-0.1, -0.05) is 0 Å². The predicted molar refractivity (Wildman–Crippen MR) is 74.4 cm³/mol. The maximum absolute atomic E-state index is 11.8. The van der Waals surface area contributed by atoms with Crippen molar-refractivity contribution in [3.63, 3.8) is 0 Å². The number of aromatic nitrogens is 4. The van der Waals surface area contributed by atoms with Crippen LogP contribution in [0.3, 0.4) is 0 Å². The summed E-state index contributed by atoms with van der Waals surface area (Å²) in [5.74, 6) is -0.0701. The number of carbonyl (C=O) groups is 1. The molecule has 7 heteroatoms. The van der Waals surface area contributed by atoms with Gasteiger partial charge in [0.15, 0.2) is 0 Å². The van der Waals surface area contributed by atoms with Gasteiger partial charge >= 0.3 is 0 Å². The van der Waals surface area contributed by atoms with Crippen molar-refractivity contribution in [3.05, 3.63) is 34.3 Å². The third kappa shape index (κ3) is 3.66. The number of rotatable bonds is 5. The molecule has 1 N–H and O–H groups in total. The molecule has 0 radical (unpaired) electrons. The lowest BCUT2D eigenvalue weighted by molar-refractivity contribution is -0.122. The van der Waals surface area contributed by atoms with Gasteiger partial charge in [0.1, 0.15) is 6.54 Å². The predicted octanol–water partition coefficient (Wildman–Crippen LogP) is 1.49. The molecule has 0 bridgehead atoms. The van der Waals surface area contributed by atoms with E-state index in [-0.39, 0.29) is 12.5 Å². The van der Waals surface area contributed by atoms with Crippen LogP contribution in [0, 0.1) is 6.92 Å². The first kappa shape index (κ1) is 13.8. The Hall–Kier alpha value is -1.63. The van der Waals surface area contributed by atoms with Gasteiger partial charge in [0.25, 0.3) is 0 Å². The van der Waals surface area contributed by atoms with E-state index in [1.165, 1.54) is 0 Å². The number of hydrogen-bond acceptors (Lipinski definition) is 3. The third-order valence-corrected chi connectivity index (χ3v) is 3.47. The van der Waals surface area contributed by atoms with E-state index in [9.17, 15) is 4.79 Å².